The summed E-state index contributed by atoms with van der Waals surface area (Å²) in [6, 6.07) is 3.46. The first-order valence-corrected chi connectivity index (χ1v) is 9.54. The van der Waals surface area contributed by atoms with Crippen LogP contribution in [-0.4, -0.2) is 54.0 Å². The predicted octanol–water partition coefficient (Wildman–Crippen LogP) is 2.75. The molecule has 29 heavy (non-hydrogen) atoms. The lowest BCUT2D eigenvalue weighted by atomic mass is 10.1. The van der Waals surface area contributed by atoms with Crippen molar-refractivity contribution < 1.29 is 28.3 Å². The Morgan fingerprint density at radius 1 is 1.21 bits per heavy atom. The number of esters is 1. The van der Waals surface area contributed by atoms with E-state index in [0.717, 1.165) is 0 Å². The minimum atomic E-state index is -0.461. The van der Waals surface area contributed by atoms with Gasteiger partial charge in [-0.15, -0.1) is 0 Å². The number of carbonyl (C=O) groups excluding carboxylic acids is 3. The van der Waals surface area contributed by atoms with Crippen molar-refractivity contribution in [3.05, 3.63) is 46.7 Å². The average Bonchev–Trinajstić information content (AvgIpc) is 3.26. The maximum Gasteiger partial charge on any atom is 0.355 e. The van der Waals surface area contributed by atoms with Crippen LogP contribution in [0.2, 0.25) is 0 Å². The molecule has 0 saturated carbocycles. The van der Waals surface area contributed by atoms with Crippen molar-refractivity contribution in [1.29, 1.82) is 0 Å². The second kappa shape index (κ2) is 10.1. The molecule has 0 fully saturated rings. The van der Waals surface area contributed by atoms with Crippen molar-refractivity contribution in [2.75, 3.05) is 26.9 Å². The van der Waals surface area contributed by atoms with E-state index in [1.165, 1.54) is 18.3 Å². The van der Waals surface area contributed by atoms with Crippen LogP contribution >= 0.6 is 0 Å². The number of amides is 1. The quantitative estimate of drug-likeness (QED) is 0.447. The molecule has 0 saturated heterocycles. The summed E-state index contributed by atoms with van der Waals surface area (Å²) >= 11 is 0. The highest BCUT2D eigenvalue weighted by atomic mass is 16.5. The Bertz CT molecular complexity index is 866. The monoisotopic (exact) mass is 404 g/mol. The number of rotatable bonds is 10. The number of methoxy groups -OCH3 is 1. The summed E-state index contributed by atoms with van der Waals surface area (Å²) in [4.78, 5) is 39.4. The highest BCUT2D eigenvalue weighted by Crippen LogP contribution is 2.24. The van der Waals surface area contributed by atoms with Gasteiger partial charge < -0.3 is 23.4 Å². The highest BCUT2D eigenvalue weighted by molar-refractivity contribution is 6.04. The first-order chi connectivity index (χ1) is 13.8. The lowest BCUT2D eigenvalue weighted by Crippen LogP contribution is -2.37. The van der Waals surface area contributed by atoms with Gasteiger partial charge in [0.1, 0.15) is 18.1 Å². The molecule has 0 unspecified atom stereocenters. The molecule has 2 aromatic heterocycles. The molecule has 8 nitrogen and oxygen atoms in total. The fourth-order valence-electron chi connectivity index (χ4n) is 3.45. The van der Waals surface area contributed by atoms with Crippen molar-refractivity contribution in [1.82, 2.24) is 9.47 Å². The average molecular weight is 404 g/mol. The van der Waals surface area contributed by atoms with E-state index in [9.17, 15) is 14.4 Å². The normalized spacial score (nSPS) is 10.8. The maximum absolute atomic E-state index is 13.2. The van der Waals surface area contributed by atoms with Crippen LogP contribution in [0.5, 0.6) is 0 Å². The third-order valence-electron chi connectivity index (χ3n) is 4.71. The van der Waals surface area contributed by atoms with Crippen molar-refractivity contribution >= 4 is 17.7 Å². The number of ether oxygens (including phenoxy) is 2. The molecule has 158 valence electrons. The molecule has 0 N–H and O–H groups in total. The van der Waals surface area contributed by atoms with Crippen LogP contribution in [0.25, 0.3) is 0 Å². The number of hydrogen-bond acceptors (Lipinski definition) is 6. The van der Waals surface area contributed by atoms with Gasteiger partial charge >= 0.3 is 5.97 Å². The van der Waals surface area contributed by atoms with Crippen LogP contribution in [0, 0.1) is 13.8 Å². The van der Waals surface area contributed by atoms with E-state index in [-0.39, 0.29) is 38.0 Å². The highest BCUT2D eigenvalue weighted by Gasteiger charge is 2.28. The molecule has 0 radical (unpaired) electrons. The molecular weight excluding hydrogens is 376 g/mol. The molecule has 2 aromatic rings. The number of nitrogens with zero attached hydrogens (tertiary/aromatic N) is 2. The van der Waals surface area contributed by atoms with Crippen molar-refractivity contribution in [3.63, 3.8) is 0 Å². The summed E-state index contributed by atoms with van der Waals surface area (Å²) in [6.45, 7) is 7.78. The van der Waals surface area contributed by atoms with Gasteiger partial charge in [0, 0.05) is 24.9 Å². The predicted molar refractivity (Wildman–Crippen MR) is 106 cm³/mol. The Morgan fingerprint density at radius 2 is 1.93 bits per heavy atom. The van der Waals surface area contributed by atoms with Gasteiger partial charge in [0.2, 0.25) is 5.91 Å². The number of ketones is 1. The van der Waals surface area contributed by atoms with Gasteiger partial charge in [-0.1, -0.05) is 0 Å². The molecule has 1 amide bonds. The lowest BCUT2D eigenvalue weighted by molar-refractivity contribution is -0.135. The van der Waals surface area contributed by atoms with Gasteiger partial charge in [0.15, 0.2) is 5.78 Å². The lowest BCUT2D eigenvalue weighted by Gasteiger charge is -2.21. The van der Waals surface area contributed by atoms with E-state index in [2.05, 4.69) is 0 Å². The zero-order valence-electron chi connectivity index (χ0n) is 17.6. The van der Waals surface area contributed by atoms with Crippen molar-refractivity contribution in [3.8, 4) is 0 Å². The maximum atomic E-state index is 13.2. The molecule has 0 spiro atoms. The SMILES string of the molecule is CCOC(=O)c1c(C)c(C(=O)CN(Cc2ccco2)C(=O)COC)c(C)n1CC. The van der Waals surface area contributed by atoms with Crippen LogP contribution in [0.15, 0.2) is 22.8 Å². The molecule has 0 bridgehead atoms. The number of furan rings is 1. The fourth-order valence-corrected chi connectivity index (χ4v) is 3.45. The molecule has 0 aliphatic carbocycles. The van der Waals surface area contributed by atoms with Gasteiger partial charge in [-0.2, -0.15) is 0 Å². The zero-order valence-corrected chi connectivity index (χ0v) is 17.6. The van der Waals surface area contributed by atoms with E-state index in [1.54, 1.807) is 37.5 Å². The molecule has 0 aliphatic rings. The van der Waals surface area contributed by atoms with Crippen molar-refractivity contribution in [2.24, 2.45) is 0 Å². The fraction of sp³-hybridized carbons (Fsp3) is 0.476. The van der Waals surface area contributed by atoms with Gasteiger partial charge in [-0.25, -0.2) is 4.79 Å². The third-order valence-corrected chi connectivity index (χ3v) is 4.71. The first kappa shape index (κ1) is 22.4. The molecule has 2 rings (SSSR count). The van der Waals surface area contributed by atoms with E-state index in [1.807, 2.05) is 6.92 Å². The van der Waals surface area contributed by atoms with Crippen LogP contribution in [-0.2, 0) is 27.4 Å². The molecule has 8 heteroatoms. The standard InChI is InChI=1S/C21H28N2O6/c1-6-23-15(4)19(14(3)20(23)21(26)28-7-2)17(24)12-22(18(25)13-27-5)11-16-9-8-10-29-16/h8-10H,6-7,11-13H2,1-5H3. The van der Waals surface area contributed by atoms with Gasteiger partial charge in [-0.3, -0.25) is 9.59 Å². The van der Waals surface area contributed by atoms with E-state index in [0.29, 0.717) is 34.8 Å². The minimum absolute atomic E-state index is 0.143. The summed E-state index contributed by atoms with van der Waals surface area (Å²) in [5.41, 5.74) is 2.04. The molecule has 0 aromatic carbocycles. The Balaban J connectivity index is 2.36. The van der Waals surface area contributed by atoms with Crippen LogP contribution in [0.4, 0.5) is 0 Å². The topological polar surface area (TPSA) is 91.0 Å². The van der Waals surface area contributed by atoms with E-state index < -0.39 is 5.97 Å². The number of hydrogen-bond donors (Lipinski definition) is 0. The number of carbonyl (C=O) groups is 3. The Kier molecular flexibility index (Phi) is 7.78. The van der Waals surface area contributed by atoms with Crippen molar-refractivity contribution in [2.45, 2.75) is 40.8 Å². The first-order valence-electron chi connectivity index (χ1n) is 9.54. The summed E-state index contributed by atoms with van der Waals surface area (Å²) in [7, 11) is 1.42. The van der Waals surface area contributed by atoms with Gasteiger partial charge in [0.05, 0.1) is 26.0 Å². The van der Waals surface area contributed by atoms with E-state index >= 15 is 0 Å². The number of aromatic nitrogens is 1. The molecule has 0 aliphatic heterocycles. The van der Waals surface area contributed by atoms with Gasteiger partial charge in [-0.05, 0) is 45.4 Å². The summed E-state index contributed by atoms with van der Waals surface area (Å²) in [6.07, 6.45) is 1.51. The summed E-state index contributed by atoms with van der Waals surface area (Å²) in [5, 5.41) is 0. The largest absolute Gasteiger partial charge is 0.467 e. The van der Waals surface area contributed by atoms with Crippen LogP contribution in [0.3, 0.4) is 0 Å². The second-order valence-corrected chi connectivity index (χ2v) is 6.58. The summed E-state index contributed by atoms with van der Waals surface area (Å²) in [5.74, 6) is -0.479. The Morgan fingerprint density at radius 3 is 2.48 bits per heavy atom. The second-order valence-electron chi connectivity index (χ2n) is 6.58. The molecule has 2 heterocycles. The van der Waals surface area contributed by atoms with E-state index in [4.69, 9.17) is 13.9 Å². The van der Waals surface area contributed by atoms with Crippen LogP contribution in [0.1, 0.15) is 51.7 Å². The smallest absolute Gasteiger partial charge is 0.355 e. The van der Waals surface area contributed by atoms with Gasteiger partial charge in [0.25, 0.3) is 0 Å². The number of Topliss-reactive ketones (excluding diaryl/α,β-unsaturated/α-hetero) is 1. The Labute approximate surface area is 170 Å². The summed E-state index contributed by atoms with van der Waals surface area (Å²) < 4.78 is 17.2. The third kappa shape index (κ3) is 4.95. The zero-order chi connectivity index (χ0) is 21.6. The minimum Gasteiger partial charge on any atom is -0.467 e. The molecular formula is C21H28N2O6. The van der Waals surface area contributed by atoms with Crippen LogP contribution < -0.4 is 0 Å². The molecule has 0 atom stereocenters. The Hall–Kier alpha value is -2.87.